The van der Waals surface area contributed by atoms with Gasteiger partial charge in [-0.1, -0.05) is 72.8 Å². The summed E-state index contributed by atoms with van der Waals surface area (Å²) in [6.45, 7) is 0. The van der Waals surface area contributed by atoms with Gasteiger partial charge in [-0.05, 0) is 28.8 Å². The van der Waals surface area contributed by atoms with E-state index < -0.39 is 6.10 Å². The Morgan fingerprint density at radius 3 is 2.04 bits per heavy atom. The van der Waals surface area contributed by atoms with E-state index in [0.717, 1.165) is 11.3 Å². The number of para-hydroxylation sites is 1. The normalized spacial score (nSPS) is 19.6. The number of hydrogen-bond acceptors (Lipinski definition) is 3. The van der Waals surface area contributed by atoms with Gasteiger partial charge in [0, 0.05) is 6.42 Å². The van der Waals surface area contributed by atoms with Crippen molar-refractivity contribution >= 4 is 5.69 Å². The highest BCUT2D eigenvalue weighted by molar-refractivity contribution is 5.63. The van der Waals surface area contributed by atoms with E-state index in [0.29, 0.717) is 6.42 Å². The monoisotopic (exact) mass is 326 g/mol. The third-order valence-corrected chi connectivity index (χ3v) is 4.52. The summed E-state index contributed by atoms with van der Waals surface area (Å²) in [5, 5.41) is 11.2. The van der Waals surface area contributed by atoms with Crippen LogP contribution in [0.15, 0.2) is 84.9 Å². The molecule has 3 aromatic carbocycles. The lowest BCUT2D eigenvalue weighted by molar-refractivity contribution is 0.118. The van der Waals surface area contributed by atoms with Gasteiger partial charge >= 0.3 is 0 Å². The molecule has 1 heterocycles. The maximum absolute atomic E-state index is 9.29. The van der Waals surface area contributed by atoms with E-state index in [1.165, 1.54) is 11.1 Å². The maximum Gasteiger partial charge on any atom is 0.174 e. The predicted molar refractivity (Wildman–Crippen MR) is 98.6 cm³/mol. The molecule has 25 heavy (non-hydrogen) atoms. The van der Waals surface area contributed by atoms with Crippen molar-refractivity contribution in [1.29, 1.82) is 5.26 Å². The molecule has 0 bridgehead atoms. The lowest BCUT2D eigenvalue weighted by atomic mass is 9.98. The molecule has 3 aromatic rings. The Bertz CT molecular complexity index is 869. The molecule has 0 aliphatic carbocycles. The van der Waals surface area contributed by atoms with Crippen molar-refractivity contribution in [3.05, 3.63) is 90.5 Å². The lowest BCUT2D eigenvalue weighted by Crippen LogP contribution is -2.21. The quantitative estimate of drug-likeness (QED) is 0.669. The average molecular weight is 326 g/mol. The van der Waals surface area contributed by atoms with Crippen molar-refractivity contribution in [3.8, 4) is 17.2 Å². The Labute approximate surface area is 147 Å². The van der Waals surface area contributed by atoms with Gasteiger partial charge in [0.2, 0.25) is 0 Å². The van der Waals surface area contributed by atoms with Gasteiger partial charge in [0.05, 0.1) is 17.8 Å². The second-order valence-electron chi connectivity index (χ2n) is 6.12. The molecule has 122 valence electrons. The first-order valence-corrected chi connectivity index (χ1v) is 8.41. The largest absolute Gasteiger partial charge is 0.254 e. The Hall–Kier alpha value is -3.09. The molecule has 1 saturated heterocycles. The second-order valence-corrected chi connectivity index (χ2v) is 6.12. The van der Waals surface area contributed by atoms with Crippen molar-refractivity contribution < 1.29 is 4.84 Å². The summed E-state index contributed by atoms with van der Waals surface area (Å²) in [5.74, 6) is 0. The zero-order valence-electron chi connectivity index (χ0n) is 13.7. The molecular formula is C22H18N2O. The van der Waals surface area contributed by atoms with E-state index in [-0.39, 0.29) is 6.04 Å². The van der Waals surface area contributed by atoms with Crippen LogP contribution in [0.4, 0.5) is 5.69 Å². The molecule has 1 fully saturated rings. The number of benzene rings is 3. The first-order chi connectivity index (χ1) is 12.3. The number of hydrogen-bond donors (Lipinski definition) is 0. The highest BCUT2D eigenvalue weighted by Gasteiger charge is 2.34. The first kappa shape index (κ1) is 15.4. The van der Waals surface area contributed by atoms with Crippen LogP contribution in [0.2, 0.25) is 0 Å². The number of rotatable bonds is 3. The minimum Gasteiger partial charge on any atom is -0.254 e. The SMILES string of the molecule is N#CC1CC(c2ccc(-c3ccccc3)cc2)N(c2ccccc2)O1. The van der Waals surface area contributed by atoms with Gasteiger partial charge in [0.15, 0.2) is 6.10 Å². The van der Waals surface area contributed by atoms with Crippen LogP contribution < -0.4 is 5.06 Å². The van der Waals surface area contributed by atoms with Crippen LogP contribution in [-0.2, 0) is 4.84 Å². The summed E-state index contributed by atoms with van der Waals surface area (Å²) in [6.07, 6.45) is 0.245. The molecule has 4 rings (SSSR count). The van der Waals surface area contributed by atoms with Gasteiger partial charge in [0.1, 0.15) is 0 Å². The molecule has 3 heteroatoms. The standard InChI is InChI=1S/C22H18N2O/c23-16-21-15-22(24(25-21)20-9-5-2-6-10-20)19-13-11-18(12-14-19)17-7-3-1-4-8-17/h1-14,21-22H,15H2. The van der Waals surface area contributed by atoms with Gasteiger partial charge in [-0.3, -0.25) is 4.84 Å². The van der Waals surface area contributed by atoms with Crippen molar-refractivity contribution in [1.82, 2.24) is 0 Å². The molecular weight excluding hydrogens is 308 g/mol. The zero-order chi connectivity index (χ0) is 17.1. The molecule has 0 saturated carbocycles. The fourth-order valence-electron chi connectivity index (χ4n) is 3.24. The Morgan fingerprint density at radius 1 is 0.800 bits per heavy atom. The highest BCUT2D eigenvalue weighted by Crippen LogP contribution is 2.38. The number of nitriles is 1. The summed E-state index contributed by atoms with van der Waals surface area (Å²) in [7, 11) is 0. The molecule has 0 radical (unpaired) electrons. The molecule has 0 N–H and O–H groups in total. The van der Waals surface area contributed by atoms with Gasteiger partial charge < -0.3 is 0 Å². The first-order valence-electron chi connectivity index (χ1n) is 8.41. The minimum absolute atomic E-state index is 0.0388. The Morgan fingerprint density at radius 2 is 1.40 bits per heavy atom. The third kappa shape index (κ3) is 3.13. The van der Waals surface area contributed by atoms with Crippen LogP contribution in [0.25, 0.3) is 11.1 Å². The van der Waals surface area contributed by atoms with Crippen LogP contribution >= 0.6 is 0 Å². The smallest absolute Gasteiger partial charge is 0.174 e. The van der Waals surface area contributed by atoms with Gasteiger partial charge in [-0.15, -0.1) is 0 Å². The fourth-order valence-corrected chi connectivity index (χ4v) is 3.24. The van der Waals surface area contributed by atoms with E-state index in [1.807, 2.05) is 53.6 Å². The molecule has 0 amide bonds. The van der Waals surface area contributed by atoms with Crippen LogP contribution in [-0.4, -0.2) is 6.10 Å². The molecule has 0 spiro atoms. The molecule has 2 unspecified atom stereocenters. The second kappa shape index (κ2) is 6.80. The molecule has 2 atom stereocenters. The fraction of sp³-hybridized carbons (Fsp3) is 0.136. The van der Waals surface area contributed by atoms with Crippen LogP contribution in [0.1, 0.15) is 18.0 Å². The van der Waals surface area contributed by atoms with E-state index in [2.05, 4.69) is 42.5 Å². The summed E-state index contributed by atoms with van der Waals surface area (Å²) in [4.78, 5) is 5.85. The summed E-state index contributed by atoms with van der Waals surface area (Å²) in [5.41, 5.74) is 4.51. The lowest BCUT2D eigenvalue weighted by Gasteiger charge is -2.24. The van der Waals surface area contributed by atoms with Crippen molar-refractivity contribution in [2.45, 2.75) is 18.6 Å². The highest BCUT2D eigenvalue weighted by atomic mass is 16.7. The molecule has 1 aliphatic rings. The topological polar surface area (TPSA) is 36.3 Å². The average Bonchev–Trinajstić information content (AvgIpc) is 3.14. The Kier molecular flexibility index (Phi) is 4.20. The van der Waals surface area contributed by atoms with E-state index >= 15 is 0 Å². The maximum atomic E-state index is 9.29. The number of hydroxylamine groups is 1. The van der Waals surface area contributed by atoms with E-state index in [1.54, 1.807) is 0 Å². The van der Waals surface area contributed by atoms with Crippen LogP contribution in [0.5, 0.6) is 0 Å². The van der Waals surface area contributed by atoms with Crippen molar-refractivity contribution in [2.75, 3.05) is 5.06 Å². The molecule has 1 aliphatic heterocycles. The van der Waals surface area contributed by atoms with E-state index in [9.17, 15) is 5.26 Å². The van der Waals surface area contributed by atoms with E-state index in [4.69, 9.17) is 4.84 Å². The van der Waals surface area contributed by atoms with Gasteiger partial charge in [-0.2, -0.15) is 5.26 Å². The van der Waals surface area contributed by atoms with Gasteiger partial charge in [-0.25, -0.2) is 5.06 Å². The number of nitrogens with zero attached hydrogens (tertiary/aromatic N) is 2. The summed E-state index contributed by atoms with van der Waals surface area (Å²) >= 11 is 0. The third-order valence-electron chi connectivity index (χ3n) is 4.52. The number of anilines is 1. The predicted octanol–water partition coefficient (Wildman–Crippen LogP) is 5.13. The van der Waals surface area contributed by atoms with Crippen molar-refractivity contribution in [3.63, 3.8) is 0 Å². The minimum atomic E-state index is -0.418. The summed E-state index contributed by atoms with van der Waals surface area (Å²) in [6, 6.07) is 31.1. The zero-order valence-corrected chi connectivity index (χ0v) is 13.7. The molecule has 3 nitrogen and oxygen atoms in total. The van der Waals surface area contributed by atoms with Gasteiger partial charge in [0.25, 0.3) is 0 Å². The van der Waals surface area contributed by atoms with Crippen LogP contribution in [0.3, 0.4) is 0 Å². The van der Waals surface area contributed by atoms with Crippen LogP contribution in [0, 0.1) is 11.3 Å². The van der Waals surface area contributed by atoms with Crippen molar-refractivity contribution in [2.24, 2.45) is 0 Å². The molecule has 0 aromatic heterocycles. The summed E-state index contributed by atoms with van der Waals surface area (Å²) < 4.78 is 0. The Balaban J connectivity index is 1.64.